The Balaban J connectivity index is 1.57. The summed E-state index contributed by atoms with van der Waals surface area (Å²) in [4.78, 5) is 23.6. The number of carbonyl (C=O) groups excluding carboxylic acids is 1. The Morgan fingerprint density at radius 3 is 2.34 bits per heavy atom. The summed E-state index contributed by atoms with van der Waals surface area (Å²) in [7, 11) is 0. The molecule has 1 atom stereocenters. The van der Waals surface area contributed by atoms with Crippen LogP contribution in [0.4, 0.5) is 11.5 Å². The lowest BCUT2D eigenvalue weighted by Gasteiger charge is -2.25. The maximum absolute atomic E-state index is 12.9. The fraction of sp³-hybridized carbons (Fsp3) is 0.0714. The van der Waals surface area contributed by atoms with Crippen molar-refractivity contribution in [1.82, 2.24) is 9.78 Å². The molecule has 1 aliphatic heterocycles. The molecule has 0 radical (unpaired) electrons. The van der Waals surface area contributed by atoms with Crippen LogP contribution < -0.4 is 5.32 Å². The number of amides is 1. The van der Waals surface area contributed by atoms with Crippen LogP contribution in [0.1, 0.15) is 23.5 Å². The molecule has 170 valence electrons. The number of non-ortho nitro benzene ring substituents is 1. The van der Waals surface area contributed by atoms with E-state index in [9.17, 15) is 14.9 Å². The van der Waals surface area contributed by atoms with Gasteiger partial charge >= 0.3 is 0 Å². The molecule has 0 fully saturated rings. The standard InChI is InChI=1S/C28H20N4O3/c33-25-17-24(21-11-10-18-6-4-5-9-20(18)16-21)26-27(19-7-2-1-3-8-19)30-31(28(26)29-25)22-12-14-23(15-13-22)32(34)35/h1-16,24H,17H2,(H,29,33). The molecule has 7 heteroatoms. The zero-order valence-corrected chi connectivity index (χ0v) is 18.6. The Morgan fingerprint density at radius 2 is 1.60 bits per heavy atom. The van der Waals surface area contributed by atoms with E-state index >= 15 is 0 Å². The number of benzene rings is 4. The van der Waals surface area contributed by atoms with Crippen LogP contribution in [-0.4, -0.2) is 20.6 Å². The zero-order valence-electron chi connectivity index (χ0n) is 18.6. The van der Waals surface area contributed by atoms with E-state index in [1.807, 2.05) is 42.5 Å². The molecular weight excluding hydrogens is 440 g/mol. The lowest BCUT2D eigenvalue weighted by Crippen LogP contribution is -2.24. The second-order valence-corrected chi connectivity index (χ2v) is 8.57. The molecule has 5 aromatic rings. The second-order valence-electron chi connectivity index (χ2n) is 8.57. The molecule has 2 heterocycles. The minimum atomic E-state index is -0.435. The number of nitrogens with one attached hydrogen (secondary N) is 1. The van der Waals surface area contributed by atoms with Gasteiger partial charge in [0, 0.05) is 35.6 Å². The van der Waals surface area contributed by atoms with Crippen molar-refractivity contribution in [3.63, 3.8) is 0 Å². The van der Waals surface area contributed by atoms with Gasteiger partial charge in [0.25, 0.3) is 5.69 Å². The minimum absolute atomic E-state index is 0.00358. The van der Waals surface area contributed by atoms with Crippen LogP contribution in [0.25, 0.3) is 27.7 Å². The highest BCUT2D eigenvalue weighted by molar-refractivity contribution is 5.97. The summed E-state index contributed by atoms with van der Waals surface area (Å²) in [5, 5.41) is 21.3. The van der Waals surface area contributed by atoms with E-state index in [4.69, 9.17) is 5.10 Å². The first kappa shape index (κ1) is 20.8. The summed E-state index contributed by atoms with van der Waals surface area (Å²) in [5.74, 6) is 0.302. The van der Waals surface area contributed by atoms with Crippen LogP contribution in [0.5, 0.6) is 0 Å². The van der Waals surface area contributed by atoms with E-state index in [2.05, 4.69) is 35.6 Å². The summed E-state index contributed by atoms with van der Waals surface area (Å²) < 4.78 is 1.67. The van der Waals surface area contributed by atoms with Crippen molar-refractivity contribution < 1.29 is 9.72 Å². The average Bonchev–Trinajstić information content (AvgIpc) is 3.28. The van der Waals surface area contributed by atoms with E-state index in [1.165, 1.54) is 12.1 Å². The zero-order chi connectivity index (χ0) is 23.9. The summed E-state index contributed by atoms with van der Waals surface area (Å²) in [6.07, 6.45) is 0.303. The normalized spacial score (nSPS) is 15.0. The third-order valence-electron chi connectivity index (χ3n) is 6.45. The van der Waals surface area contributed by atoms with Gasteiger partial charge in [-0.05, 0) is 28.5 Å². The van der Waals surface area contributed by atoms with E-state index in [0.717, 1.165) is 33.2 Å². The predicted molar refractivity (Wildman–Crippen MR) is 135 cm³/mol. The van der Waals surface area contributed by atoms with Gasteiger partial charge in [0.2, 0.25) is 5.91 Å². The Bertz CT molecular complexity index is 1590. The van der Waals surface area contributed by atoms with Crippen molar-refractivity contribution in [2.45, 2.75) is 12.3 Å². The number of aromatic nitrogens is 2. The van der Waals surface area contributed by atoms with Gasteiger partial charge in [-0.2, -0.15) is 5.10 Å². The monoisotopic (exact) mass is 460 g/mol. The molecular formula is C28H20N4O3. The van der Waals surface area contributed by atoms with Gasteiger partial charge in [0.1, 0.15) is 5.82 Å². The summed E-state index contributed by atoms with van der Waals surface area (Å²) in [6, 6.07) is 30.5. The number of carbonyl (C=O) groups is 1. The van der Waals surface area contributed by atoms with Crippen molar-refractivity contribution in [1.29, 1.82) is 0 Å². The van der Waals surface area contributed by atoms with Gasteiger partial charge in [-0.3, -0.25) is 14.9 Å². The van der Waals surface area contributed by atoms with Crippen LogP contribution in [0, 0.1) is 10.1 Å². The predicted octanol–water partition coefficient (Wildman–Crippen LogP) is 6.07. The van der Waals surface area contributed by atoms with Gasteiger partial charge in [0.05, 0.1) is 16.3 Å². The van der Waals surface area contributed by atoms with Crippen LogP contribution in [-0.2, 0) is 4.79 Å². The van der Waals surface area contributed by atoms with Crippen LogP contribution in [0.2, 0.25) is 0 Å². The molecule has 6 rings (SSSR count). The molecule has 0 saturated heterocycles. The highest BCUT2D eigenvalue weighted by atomic mass is 16.6. The van der Waals surface area contributed by atoms with Gasteiger partial charge in [-0.15, -0.1) is 0 Å². The minimum Gasteiger partial charge on any atom is -0.310 e. The first-order valence-electron chi connectivity index (χ1n) is 11.3. The molecule has 35 heavy (non-hydrogen) atoms. The first-order valence-corrected chi connectivity index (χ1v) is 11.3. The van der Waals surface area contributed by atoms with Crippen LogP contribution >= 0.6 is 0 Å². The lowest BCUT2D eigenvalue weighted by molar-refractivity contribution is -0.384. The molecule has 0 bridgehead atoms. The summed E-state index contributed by atoms with van der Waals surface area (Å²) >= 11 is 0. The first-order chi connectivity index (χ1) is 17.1. The molecule has 1 aromatic heterocycles. The van der Waals surface area contributed by atoms with Crippen LogP contribution in [0.15, 0.2) is 97.1 Å². The molecule has 0 saturated carbocycles. The number of nitrogens with zero attached hydrogens (tertiary/aromatic N) is 3. The van der Waals surface area contributed by atoms with E-state index < -0.39 is 4.92 Å². The van der Waals surface area contributed by atoms with Crippen molar-refractivity contribution in [2.24, 2.45) is 0 Å². The van der Waals surface area contributed by atoms with E-state index in [1.54, 1.807) is 16.8 Å². The Morgan fingerprint density at radius 1 is 0.886 bits per heavy atom. The molecule has 1 N–H and O–H groups in total. The summed E-state index contributed by atoms with van der Waals surface area (Å²) in [5.41, 5.74) is 4.32. The topological polar surface area (TPSA) is 90.1 Å². The lowest BCUT2D eigenvalue weighted by atomic mass is 9.83. The number of hydrogen-bond donors (Lipinski definition) is 1. The van der Waals surface area contributed by atoms with Gasteiger partial charge in [-0.1, -0.05) is 72.8 Å². The molecule has 1 unspecified atom stereocenters. The number of nitro benzene ring substituents is 1. The maximum atomic E-state index is 12.9. The SMILES string of the molecule is O=C1CC(c2ccc3ccccc3c2)c2c(-c3ccccc3)nn(-c3ccc([N+](=O)[O-])cc3)c2N1. The fourth-order valence-electron chi connectivity index (χ4n) is 4.77. The number of fused-ring (bicyclic) bond motifs is 2. The Hall–Kier alpha value is -4.78. The number of hydrogen-bond acceptors (Lipinski definition) is 4. The van der Waals surface area contributed by atoms with Crippen molar-refractivity contribution in [3.8, 4) is 16.9 Å². The quantitative estimate of drug-likeness (QED) is 0.260. The second kappa shape index (κ2) is 8.22. The van der Waals surface area contributed by atoms with Crippen molar-refractivity contribution in [2.75, 3.05) is 5.32 Å². The third kappa shape index (κ3) is 3.63. The van der Waals surface area contributed by atoms with E-state index in [-0.39, 0.29) is 17.5 Å². The number of rotatable bonds is 4. The number of anilines is 1. The summed E-state index contributed by atoms with van der Waals surface area (Å²) in [6.45, 7) is 0. The van der Waals surface area contributed by atoms with Gasteiger partial charge in [0.15, 0.2) is 0 Å². The molecule has 0 spiro atoms. The number of nitro groups is 1. The van der Waals surface area contributed by atoms with E-state index in [0.29, 0.717) is 17.9 Å². The van der Waals surface area contributed by atoms with Crippen molar-refractivity contribution in [3.05, 3.63) is 118 Å². The Labute approximate surface area is 200 Å². The highest BCUT2D eigenvalue weighted by Crippen LogP contribution is 2.44. The molecule has 7 nitrogen and oxygen atoms in total. The van der Waals surface area contributed by atoms with Gasteiger partial charge in [-0.25, -0.2) is 4.68 Å². The Kier molecular flexibility index (Phi) is 4.88. The fourth-order valence-corrected chi connectivity index (χ4v) is 4.77. The highest BCUT2D eigenvalue weighted by Gasteiger charge is 2.34. The molecule has 1 aliphatic rings. The average molecular weight is 460 g/mol. The molecule has 1 amide bonds. The van der Waals surface area contributed by atoms with Gasteiger partial charge < -0.3 is 5.32 Å². The molecule has 4 aromatic carbocycles. The van der Waals surface area contributed by atoms with Crippen LogP contribution in [0.3, 0.4) is 0 Å². The third-order valence-corrected chi connectivity index (χ3v) is 6.45. The maximum Gasteiger partial charge on any atom is 0.269 e. The van der Waals surface area contributed by atoms with Crippen molar-refractivity contribution >= 4 is 28.2 Å². The largest absolute Gasteiger partial charge is 0.310 e. The molecule has 0 aliphatic carbocycles. The smallest absolute Gasteiger partial charge is 0.269 e.